The van der Waals surface area contributed by atoms with Crippen molar-refractivity contribution in [3.05, 3.63) is 59.6 Å². The van der Waals surface area contributed by atoms with Gasteiger partial charge < -0.3 is 14.3 Å². The molecule has 116 valence electrons. The van der Waals surface area contributed by atoms with Crippen LogP contribution < -0.4 is 4.74 Å². The highest BCUT2D eigenvalue weighted by atomic mass is 16.5. The fourth-order valence-corrected chi connectivity index (χ4v) is 2.68. The summed E-state index contributed by atoms with van der Waals surface area (Å²) >= 11 is 0. The number of fused-ring (bicyclic) bond motifs is 1. The number of carboxylic acid groups (broad SMARTS) is 1. The number of rotatable bonds is 5. The number of hydrogen-bond donors (Lipinski definition) is 1. The summed E-state index contributed by atoms with van der Waals surface area (Å²) in [4.78, 5) is 15.8. The summed E-state index contributed by atoms with van der Waals surface area (Å²) in [6.07, 6.45) is 3.69. The number of hydrogen-bond acceptors (Lipinski definition) is 4. The number of nitrogens with zero attached hydrogens (tertiary/aromatic N) is 1. The van der Waals surface area contributed by atoms with Gasteiger partial charge in [-0.2, -0.15) is 0 Å². The standard InChI is InChI=1S/C18H15NO4/c20-18(21)16-14-9-13(22-10-12-3-1-2-8-19-12)6-7-15(14)23-17(16)11-4-5-11/h1-3,6-9,11H,4-5,10H2,(H,20,21). The topological polar surface area (TPSA) is 72.6 Å². The predicted molar refractivity (Wildman–Crippen MR) is 83.7 cm³/mol. The number of aromatic carboxylic acids is 1. The lowest BCUT2D eigenvalue weighted by Gasteiger charge is -2.05. The molecule has 2 aromatic heterocycles. The number of aromatic nitrogens is 1. The third-order valence-electron chi connectivity index (χ3n) is 3.96. The smallest absolute Gasteiger partial charge is 0.339 e. The van der Waals surface area contributed by atoms with Gasteiger partial charge in [-0.25, -0.2) is 4.79 Å². The Balaban J connectivity index is 1.66. The van der Waals surface area contributed by atoms with Crippen LogP contribution in [0.4, 0.5) is 0 Å². The molecule has 1 aliphatic carbocycles. The zero-order chi connectivity index (χ0) is 15.8. The summed E-state index contributed by atoms with van der Waals surface area (Å²) in [5.41, 5.74) is 1.68. The van der Waals surface area contributed by atoms with Gasteiger partial charge in [0, 0.05) is 17.5 Å². The maximum absolute atomic E-state index is 11.6. The predicted octanol–water partition coefficient (Wildman–Crippen LogP) is 3.98. The van der Waals surface area contributed by atoms with Gasteiger partial charge >= 0.3 is 5.97 Å². The normalized spacial score (nSPS) is 14.1. The lowest BCUT2D eigenvalue weighted by molar-refractivity contribution is 0.0696. The molecular weight excluding hydrogens is 294 g/mol. The first kappa shape index (κ1) is 13.8. The van der Waals surface area contributed by atoms with Crippen LogP contribution in [-0.2, 0) is 6.61 Å². The van der Waals surface area contributed by atoms with Gasteiger partial charge in [0.2, 0.25) is 0 Å². The maximum atomic E-state index is 11.6. The van der Waals surface area contributed by atoms with Gasteiger partial charge in [0.1, 0.15) is 29.3 Å². The van der Waals surface area contributed by atoms with Crippen LogP contribution in [0, 0.1) is 0 Å². The number of benzene rings is 1. The largest absolute Gasteiger partial charge is 0.487 e. The van der Waals surface area contributed by atoms with E-state index < -0.39 is 5.97 Å². The Kier molecular flexibility index (Phi) is 3.26. The Hall–Kier alpha value is -2.82. The van der Waals surface area contributed by atoms with Crippen LogP contribution in [0.5, 0.6) is 5.75 Å². The molecule has 23 heavy (non-hydrogen) atoms. The van der Waals surface area contributed by atoms with E-state index >= 15 is 0 Å². The summed E-state index contributed by atoms with van der Waals surface area (Å²) in [6, 6.07) is 10.9. The molecule has 3 aromatic rings. The number of carboxylic acids is 1. The van der Waals surface area contributed by atoms with Gasteiger partial charge in [-0.1, -0.05) is 6.07 Å². The summed E-state index contributed by atoms with van der Waals surface area (Å²) in [5.74, 6) is 0.488. The number of furan rings is 1. The van der Waals surface area contributed by atoms with Crippen molar-refractivity contribution in [2.45, 2.75) is 25.4 Å². The molecule has 0 atom stereocenters. The Morgan fingerprint density at radius 2 is 2.17 bits per heavy atom. The van der Waals surface area contributed by atoms with E-state index in [2.05, 4.69) is 4.98 Å². The van der Waals surface area contributed by atoms with Crippen LogP contribution in [0.15, 0.2) is 47.0 Å². The lowest BCUT2D eigenvalue weighted by atomic mass is 10.1. The van der Waals surface area contributed by atoms with Gasteiger partial charge in [0.25, 0.3) is 0 Å². The molecule has 1 fully saturated rings. The molecule has 0 spiro atoms. The van der Waals surface area contributed by atoms with Crippen molar-refractivity contribution < 1.29 is 19.1 Å². The molecule has 5 heteroatoms. The SMILES string of the molecule is O=C(O)c1c(C2CC2)oc2ccc(OCc3ccccn3)cc12. The fourth-order valence-electron chi connectivity index (χ4n) is 2.68. The van der Waals surface area contributed by atoms with E-state index in [1.807, 2.05) is 18.2 Å². The maximum Gasteiger partial charge on any atom is 0.339 e. The Labute approximate surface area is 132 Å². The quantitative estimate of drug-likeness (QED) is 0.771. The average Bonchev–Trinajstić information content (AvgIpc) is 3.34. The Morgan fingerprint density at radius 3 is 2.87 bits per heavy atom. The van der Waals surface area contributed by atoms with E-state index in [0.717, 1.165) is 18.5 Å². The highest BCUT2D eigenvalue weighted by molar-refractivity contribution is 6.04. The highest BCUT2D eigenvalue weighted by Crippen LogP contribution is 2.45. The highest BCUT2D eigenvalue weighted by Gasteiger charge is 2.33. The lowest BCUT2D eigenvalue weighted by Crippen LogP contribution is -1.99. The van der Waals surface area contributed by atoms with Crippen LogP contribution in [0.2, 0.25) is 0 Å². The van der Waals surface area contributed by atoms with Gasteiger partial charge in [0.05, 0.1) is 5.69 Å². The Morgan fingerprint density at radius 1 is 1.30 bits per heavy atom. The number of carbonyl (C=O) groups is 1. The van der Waals surface area contributed by atoms with Crippen molar-refractivity contribution >= 4 is 16.9 Å². The molecule has 5 nitrogen and oxygen atoms in total. The molecule has 0 radical (unpaired) electrons. The van der Waals surface area contributed by atoms with Crippen molar-refractivity contribution in [1.29, 1.82) is 0 Å². The van der Waals surface area contributed by atoms with Crippen LogP contribution in [0.25, 0.3) is 11.0 Å². The Bertz CT molecular complexity index is 865. The molecule has 2 heterocycles. The molecule has 0 amide bonds. The summed E-state index contributed by atoms with van der Waals surface area (Å²) in [7, 11) is 0. The number of ether oxygens (including phenoxy) is 1. The third-order valence-corrected chi connectivity index (χ3v) is 3.96. The first-order valence-corrected chi connectivity index (χ1v) is 7.55. The third kappa shape index (κ3) is 2.65. The molecule has 1 N–H and O–H groups in total. The average molecular weight is 309 g/mol. The molecule has 4 rings (SSSR count). The van der Waals surface area contributed by atoms with Crippen molar-refractivity contribution in [3.8, 4) is 5.75 Å². The number of pyridine rings is 1. The molecule has 0 unspecified atom stereocenters. The van der Waals surface area contributed by atoms with Crippen LogP contribution >= 0.6 is 0 Å². The van der Waals surface area contributed by atoms with E-state index in [0.29, 0.717) is 29.1 Å². The fraction of sp³-hybridized carbons (Fsp3) is 0.222. The molecule has 1 aliphatic rings. The minimum absolute atomic E-state index is 0.242. The summed E-state index contributed by atoms with van der Waals surface area (Å²) in [6.45, 7) is 0.335. The van der Waals surface area contributed by atoms with Gasteiger partial charge in [-0.15, -0.1) is 0 Å². The van der Waals surface area contributed by atoms with Crippen LogP contribution in [-0.4, -0.2) is 16.1 Å². The summed E-state index contributed by atoms with van der Waals surface area (Å²) < 4.78 is 11.5. The second kappa shape index (κ2) is 5.43. The minimum Gasteiger partial charge on any atom is -0.487 e. The van der Waals surface area contributed by atoms with Crippen molar-refractivity contribution in [3.63, 3.8) is 0 Å². The first-order valence-electron chi connectivity index (χ1n) is 7.55. The molecule has 1 saturated carbocycles. The second-order valence-corrected chi connectivity index (χ2v) is 5.69. The molecular formula is C18H15NO4. The molecule has 1 aromatic carbocycles. The van der Waals surface area contributed by atoms with Gasteiger partial charge in [0.15, 0.2) is 0 Å². The molecule has 0 aliphatic heterocycles. The minimum atomic E-state index is -0.951. The van der Waals surface area contributed by atoms with Gasteiger partial charge in [-0.05, 0) is 43.2 Å². The van der Waals surface area contributed by atoms with E-state index in [1.165, 1.54) is 0 Å². The van der Waals surface area contributed by atoms with Crippen LogP contribution in [0.1, 0.15) is 40.6 Å². The molecule has 0 bridgehead atoms. The van der Waals surface area contributed by atoms with Crippen LogP contribution in [0.3, 0.4) is 0 Å². The van der Waals surface area contributed by atoms with E-state index in [-0.39, 0.29) is 11.5 Å². The van der Waals surface area contributed by atoms with E-state index in [1.54, 1.807) is 24.4 Å². The monoisotopic (exact) mass is 309 g/mol. The summed E-state index contributed by atoms with van der Waals surface area (Å²) in [5, 5.41) is 10.1. The van der Waals surface area contributed by atoms with Gasteiger partial charge in [-0.3, -0.25) is 4.98 Å². The molecule has 0 saturated heterocycles. The van der Waals surface area contributed by atoms with E-state index in [4.69, 9.17) is 9.15 Å². The van der Waals surface area contributed by atoms with Crippen molar-refractivity contribution in [2.24, 2.45) is 0 Å². The van der Waals surface area contributed by atoms with Crippen molar-refractivity contribution in [1.82, 2.24) is 4.98 Å². The second-order valence-electron chi connectivity index (χ2n) is 5.69. The zero-order valence-corrected chi connectivity index (χ0v) is 12.4. The van der Waals surface area contributed by atoms with Crippen molar-refractivity contribution in [2.75, 3.05) is 0 Å². The van der Waals surface area contributed by atoms with E-state index in [9.17, 15) is 9.90 Å². The first-order chi connectivity index (χ1) is 11.2. The zero-order valence-electron chi connectivity index (χ0n) is 12.4.